The number of amides is 1. The van der Waals surface area contributed by atoms with Crippen molar-refractivity contribution in [2.24, 2.45) is 0 Å². The highest BCUT2D eigenvalue weighted by Crippen LogP contribution is 2.32. The van der Waals surface area contributed by atoms with Gasteiger partial charge in [-0.25, -0.2) is 19.6 Å². The number of nitro groups is 1. The fraction of sp³-hybridized carbons (Fsp3) is 0.400. The van der Waals surface area contributed by atoms with Crippen LogP contribution in [0.5, 0.6) is 0 Å². The molecule has 0 aliphatic carbocycles. The number of likely N-dealkylation sites (N-methyl/N-ethyl adjacent to an activating group) is 1. The molecule has 0 bridgehead atoms. The smallest absolute Gasteiger partial charge is 0.300 e. The number of hydrogen-bond acceptors (Lipinski definition) is 14. The first-order chi connectivity index (χ1) is 17.9. The number of non-ortho nitro benzene ring substituents is 1. The zero-order valence-corrected chi connectivity index (χ0v) is 19.3. The number of benzene rings is 1. The highest BCUT2D eigenvalue weighted by Gasteiger charge is 2.47. The number of aromatic nitrogens is 6. The third-order valence-corrected chi connectivity index (χ3v) is 5.80. The summed E-state index contributed by atoms with van der Waals surface area (Å²) in [7, 11) is 0. The van der Waals surface area contributed by atoms with Crippen LogP contribution < -0.4 is 16.0 Å². The lowest BCUT2D eigenvalue weighted by atomic mass is 10.1. The molecule has 194 valence electrons. The Morgan fingerprint density at radius 3 is 2.68 bits per heavy atom. The molecule has 0 spiro atoms. The SMILES string of the molecule is CCNC(=O)[C@H]1OC(n2cnc3c(NCCNc4ccc([N+](=O)[O-])c5nonc45)ncnc32)[C@H](O)[C@@H]1O. The summed E-state index contributed by atoms with van der Waals surface area (Å²) >= 11 is 0. The van der Waals surface area contributed by atoms with Gasteiger partial charge in [0.25, 0.3) is 5.91 Å². The number of nitrogens with one attached hydrogen (secondary N) is 3. The molecule has 1 unspecified atom stereocenters. The predicted octanol–water partition coefficient (Wildman–Crippen LogP) is -0.450. The van der Waals surface area contributed by atoms with Crippen LogP contribution in [0.15, 0.2) is 29.4 Å². The summed E-state index contributed by atoms with van der Waals surface area (Å²) < 4.78 is 11.7. The molecule has 1 aliphatic rings. The number of nitro benzene ring substituents is 1. The first kappa shape index (κ1) is 24.2. The number of carbonyl (C=O) groups is 1. The second-order valence-corrected chi connectivity index (χ2v) is 8.07. The molecule has 37 heavy (non-hydrogen) atoms. The van der Waals surface area contributed by atoms with Crippen LogP contribution in [-0.4, -0.2) is 88.8 Å². The fourth-order valence-corrected chi connectivity index (χ4v) is 4.07. The molecule has 1 fully saturated rings. The average Bonchev–Trinajstić information content (AvgIpc) is 3.60. The molecule has 1 saturated heterocycles. The van der Waals surface area contributed by atoms with Crippen LogP contribution in [-0.2, 0) is 9.53 Å². The van der Waals surface area contributed by atoms with Gasteiger partial charge in [-0.2, -0.15) is 0 Å². The monoisotopic (exact) mass is 514 g/mol. The average molecular weight is 514 g/mol. The summed E-state index contributed by atoms with van der Waals surface area (Å²) in [5.41, 5.74) is 1.28. The van der Waals surface area contributed by atoms with E-state index in [9.17, 15) is 25.1 Å². The van der Waals surface area contributed by atoms with Crippen LogP contribution in [0.4, 0.5) is 17.2 Å². The van der Waals surface area contributed by atoms with E-state index in [2.05, 4.69) is 45.8 Å². The molecule has 5 rings (SSSR count). The number of imidazole rings is 1. The van der Waals surface area contributed by atoms with Crippen LogP contribution >= 0.6 is 0 Å². The molecule has 4 atom stereocenters. The number of aliphatic hydroxyl groups excluding tert-OH is 2. The third-order valence-electron chi connectivity index (χ3n) is 5.80. The fourth-order valence-electron chi connectivity index (χ4n) is 4.07. The van der Waals surface area contributed by atoms with Crippen molar-refractivity contribution >= 4 is 45.3 Å². The second kappa shape index (κ2) is 9.88. The van der Waals surface area contributed by atoms with E-state index in [1.165, 1.54) is 29.4 Å². The molecule has 1 aromatic carbocycles. The normalized spacial score (nSPS) is 21.4. The summed E-state index contributed by atoms with van der Waals surface area (Å²) in [5.74, 6) is -0.132. The quantitative estimate of drug-likeness (QED) is 0.108. The minimum atomic E-state index is -1.43. The van der Waals surface area contributed by atoms with E-state index in [0.717, 1.165) is 0 Å². The molecule has 17 heteroatoms. The van der Waals surface area contributed by atoms with Gasteiger partial charge in [-0.3, -0.25) is 19.5 Å². The number of aliphatic hydroxyl groups is 2. The lowest BCUT2D eigenvalue weighted by Gasteiger charge is -2.16. The van der Waals surface area contributed by atoms with Gasteiger partial charge < -0.3 is 30.9 Å². The number of anilines is 2. The minimum Gasteiger partial charge on any atom is -0.387 e. The minimum absolute atomic E-state index is 0.0434. The topological polar surface area (TPSA) is 229 Å². The molecule has 1 aliphatic heterocycles. The standard InChI is InChI=1S/C20H22N10O7/c1-2-21-19(33)16-14(31)15(32)20(36-16)29-8-26-13-17(24-7-25-18(13)29)23-6-5-22-9-3-4-10(30(34)35)12-11(9)27-37-28-12/h3-4,7-8,14-16,20,22,31-32H,2,5-6H2,1H3,(H,21,33)(H,23,24,25)/t14-,15+,16-,20?/m0/s1. The van der Waals surface area contributed by atoms with Gasteiger partial charge in [-0.15, -0.1) is 0 Å². The van der Waals surface area contributed by atoms with Crippen LogP contribution in [0.1, 0.15) is 13.2 Å². The Bertz CT molecular complexity index is 1460. The maximum atomic E-state index is 12.2. The van der Waals surface area contributed by atoms with Crippen molar-refractivity contribution in [1.29, 1.82) is 0 Å². The van der Waals surface area contributed by atoms with Crippen LogP contribution in [0, 0.1) is 10.1 Å². The maximum Gasteiger partial charge on any atom is 0.300 e. The van der Waals surface area contributed by atoms with Crippen molar-refractivity contribution < 1.29 is 29.3 Å². The molecular weight excluding hydrogens is 492 g/mol. The number of carbonyl (C=O) groups excluding carboxylic acids is 1. The molecule has 1 amide bonds. The van der Waals surface area contributed by atoms with Gasteiger partial charge in [0.2, 0.25) is 5.52 Å². The number of ether oxygens (including phenoxy) is 1. The lowest BCUT2D eigenvalue weighted by Crippen LogP contribution is -2.42. The Kier molecular flexibility index (Phi) is 6.47. The summed E-state index contributed by atoms with van der Waals surface area (Å²) in [4.78, 5) is 35.5. The number of fused-ring (bicyclic) bond motifs is 2. The van der Waals surface area contributed by atoms with Crippen molar-refractivity contribution in [3.63, 3.8) is 0 Å². The van der Waals surface area contributed by atoms with Crippen LogP contribution in [0.25, 0.3) is 22.2 Å². The van der Waals surface area contributed by atoms with Crippen molar-refractivity contribution in [2.45, 2.75) is 31.5 Å². The first-order valence-corrected chi connectivity index (χ1v) is 11.2. The Hall–Kier alpha value is -4.48. The van der Waals surface area contributed by atoms with E-state index in [-0.39, 0.29) is 16.7 Å². The van der Waals surface area contributed by atoms with Crippen LogP contribution in [0.3, 0.4) is 0 Å². The first-order valence-electron chi connectivity index (χ1n) is 11.2. The van der Waals surface area contributed by atoms with Crippen molar-refractivity contribution in [1.82, 2.24) is 35.1 Å². The van der Waals surface area contributed by atoms with Gasteiger partial charge >= 0.3 is 5.69 Å². The van der Waals surface area contributed by atoms with Crippen molar-refractivity contribution in [3.05, 3.63) is 34.9 Å². The van der Waals surface area contributed by atoms with Gasteiger partial charge in [0, 0.05) is 25.7 Å². The van der Waals surface area contributed by atoms with Crippen molar-refractivity contribution in [3.8, 4) is 0 Å². The zero-order valence-electron chi connectivity index (χ0n) is 19.3. The van der Waals surface area contributed by atoms with E-state index < -0.39 is 35.4 Å². The van der Waals surface area contributed by atoms with E-state index in [0.29, 0.717) is 42.3 Å². The van der Waals surface area contributed by atoms with Gasteiger partial charge in [-0.1, -0.05) is 0 Å². The molecule has 4 heterocycles. The zero-order chi connectivity index (χ0) is 26.1. The van der Waals surface area contributed by atoms with Gasteiger partial charge in [0.1, 0.15) is 18.5 Å². The molecule has 3 aromatic heterocycles. The Labute approximate surface area is 207 Å². The molecule has 17 nitrogen and oxygen atoms in total. The van der Waals surface area contributed by atoms with E-state index >= 15 is 0 Å². The Balaban J connectivity index is 1.27. The molecule has 5 N–H and O–H groups in total. The van der Waals surface area contributed by atoms with Gasteiger partial charge in [0.15, 0.2) is 34.8 Å². The molecule has 0 saturated carbocycles. The maximum absolute atomic E-state index is 12.2. The van der Waals surface area contributed by atoms with Gasteiger partial charge in [0.05, 0.1) is 16.9 Å². The summed E-state index contributed by atoms with van der Waals surface area (Å²) in [6, 6.07) is 2.83. The highest BCUT2D eigenvalue weighted by atomic mass is 16.6. The molecule has 4 aromatic rings. The predicted molar refractivity (Wildman–Crippen MR) is 125 cm³/mol. The Morgan fingerprint density at radius 1 is 1.11 bits per heavy atom. The third kappa shape index (κ3) is 4.34. The summed E-state index contributed by atoms with van der Waals surface area (Å²) in [6.45, 7) is 2.82. The van der Waals surface area contributed by atoms with Gasteiger partial charge in [-0.05, 0) is 23.3 Å². The molecular formula is C20H22N10O7. The summed E-state index contributed by atoms with van der Waals surface area (Å²) in [5, 5.41) is 48.1. The number of nitrogens with zero attached hydrogens (tertiary/aromatic N) is 7. The van der Waals surface area contributed by atoms with E-state index in [1.54, 1.807) is 6.92 Å². The number of rotatable bonds is 9. The van der Waals surface area contributed by atoms with E-state index in [1.807, 2.05) is 0 Å². The lowest BCUT2D eigenvalue weighted by molar-refractivity contribution is -0.383. The largest absolute Gasteiger partial charge is 0.387 e. The second-order valence-electron chi connectivity index (χ2n) is 8.07. The van der Waals surface area contributed by atoms with Crippen molar-refractivity contribution in [2.75, 3.05) is 30.3 Å². The van der Waals surface area contributed by atoms with E-state index in [4.69, 9.17) is 4.74 Å². The molecule has 0 radical (unpaired) electrons. The summed E-state index contributed by atoms with van der Waals surface area (Å²) in [6.07, 6.45) is -2.45. The number of hydrogen-bond donors (Lipinski definition) is 5. The Morgan fingerprint density at radius 2 is 1.89 bits per heavy atom. The van der Waals surface area contributed by atoms with Crippen LogP contribution in [0.2, 0.25) is 0 Å². The highest BCUT2D eigenvalue weighted by molar-refractivity contribution is 5.93.